The Hall–Kier alpha value is -1.74. The van der Waals surface area contributed by atoms with Crippen LogP contribution in [0.5, 0.6) is 0 Å². The van der Waals surface area contributed by atoms with Crippen LogP contribution in [0.15, 0.2) is 11.2 Å². The lowest BCUT2D eigenvalue weighted by Crippen LogP contribution is -2.59. The second-order valence-corrected chi connectivity index (χ2v) is 10.00. The van der Waals surface area contributed by atoms with Crippen molar-refractivity contribution in [1.29, 1.82) is 0 Å². The predicted octanol–water partition coefficient (Wildman–Crippen LogP) is 3.16. The highest BCUT2D eigenvalue weighted by atomic mass is 35.5. The fraction of sp³-hybridized carbons (Fsp3) is 0.700. The average Bonchev–Trinajstić information content (AvgIpc) is 2.64. The molecule has 1 aliphatic heterocycles. The van der Waals surface area contributed by atoms with E-state index in [1.165, 1.54) is 11.8 Å². The summed E-state index contributed by atoms with van der Waals surface area (Å²) in [5, 5.41) is 6.75. The first-order valence-electron chi connectivity index (χ1n) is 10.3. The Morgan fingerprint density at radius 1 is 1.33 bits per heavy atom. The number of amides is 3. The van der Waals surface area contributed by atoms with Gasteiger partial charge in [0.2, 0.25) is 5.91 Å². The summed E-state index contributed by atoms with van der Waals surface area (Å²) in [5.41, 5.74) is -0.276. The highest BCUT2D eigenvalue weighted by Crippen LogP contribution is 2.24. The van der Waals surface area contributed by atoms with E-state index in [2.05, 4.69) is 25.5 Å². The smallest absolute Gasteiger partial charge is 0.318 e. The summed E-state index contributed by atoms with van der Waals surface area (Å²) in [4.78, 5) is 37.3. The van der Waals surface area contributed by atoms with Gasteiger partial charge in [-0.1, -0.05) is 30.3 Å². The van der Waals surface area contributed by atoms with Crippen molar-refractivity contribution < 1.29 is 9.59 Å². The number of aromatic nitrogens is 2. The number of nitrogens with zero attached hydrogens (tertiary/aromatic N) is 4. The Kier molecular flexibility index (Phi) is 8.61. The molecule has 1 aliphatic rings. The van der Waals surface area contributed by atoms with Crippen LogP contribution in [0.1, 0.15) is 48.0 Å². The Morgan fingerprint density at radius 2 is 2.03 bits per heavy atom. The fourth-order valence-electron chi connectivity index (χ4n) is 3.02. The monoisotopic (exact) mass is 456 g/mol. The lowest BCUT2D eigenvalue weighted by Gasteiger charge is -2.41. The van der Waals surface area contributed by atoms with Crippen molar-refractivity contribution >= 4 is 41.1 Å². The van der Waals surface area contributed by atoms with Crippen molar-refractivity contribution in [3.63, 3.8) is 0 Å². The van der Waals surface area contributed by atoms with Crippen molar-refractivity contribution in [2.75, 3.05) is 30.3 Å². The Balaban J connectivity index is 2.00. The minimum Gasteiger partial charge on any atom is -0.353 e. The third-order valence-corrected chi connectivity index (χ3v) is 5.75. The lowest BCUT2D eigenvalue weighted by atomic mass is 10.1. The van der Waals surface area contributed by atoms with Gasteiger partial charge in [0.05, 0.1) is 5.75 Å². The number of anilines is 1. The minimum atomic E-state index is -0.276. The summed E-state index contributed by atoms with van der Waals surface area (Å²) in [6, 6.07) is 1.83. The van der Waals surface area contributed by atoms with Gasteiger partial charge in [0, 0.05) is 43.3 Å². The van der Waals surface area contributed by atoms with Crippen molar-refractivity contribution in [2.45, 2.75) is 70.7 Å². The highest BCUT2D eigenvalue weighted by molar-refractivity contribution is 7.99. The zero-order valence-corrected chi connectivity index (χ0v) is 20.2. The van der Waals surface area contributed by atoms with E-state index in [0.717, 1.165) is 6.42 Å². The number of piperazine rings is 1. The molecule has 1 saturated heterocycles. The van der Waals surface area contributed by atoms with Gasteiger partial charge in [-0.15, -0.1) is 0 Å². The lowest BCUT2D eigenvalue weighted by molar-refractivity contribution is -0.119. The molecular formula is C20H33ClN6O2S. The van der Waals surface area contributed by atoms with Gasteiger partial charge in [-0.2, -0.15) is 0 Å². The molecule has 1 aromatic rings. The standard InChI is InChI=1S/C20H33ClN6O2S/c1-7-13(2)22-17(28)12-30-18-23-15(21)10-16(24-18)26-8-9-27(14(3)11-26)19(29)25-20(4,5)6/h10,13-14H,7-9,11-12H2,1-6H3,(H,22,28)(H,25,29). The van der Waals surface area contributed by atoms with Crippen LogP contribution >= 0.6 is 23.4 Å². The maximum Gasteiger partial charge on any atom is 0.318 e. The van der Waals surface area contributed by atoms with Gasteiger partial charge in [0.1, 0.15) is 11.0 Å². The maximum atomic E-state index is 12.5. The van der Waals surface area contributed by atoms with E-state index >= 15 is 0 Å². The minimum absolute atomic E-state index is 0.0206. The number of hydrogen-bond donors (Lipinski definition) is 2. The molecule has 10 heteroatoms. The Bertz CT molecular complexity index is 757. The molecule has 0 aliphatic carbocycles. The van der Waals surface area contributed by atoms with Gasteiger partial charge in [-0.3, -0.25) is 4.79 Å². The largest absolute Gasteiger partial charge is 0.353 e. The average molecular weight is 457 g/mol. The summed E-state index contributed by atoms with van der Waals surface area (Å²) in [5.74, 6) is 0.899. The Morgan fingerprint density at radius 3 is 2.63 bits per heavy atom. The quantitative estimate of drug-likeness (QED) is 0.388. The van der Waals surface area contributed by atoms with Gasteiger partial charge >= 0.3 is 6.03 Å². The van der Waals surface area contributed by atoms with Crippen molar-refractivity contribution in [3.05, 3.63) is 11.2 Å². The second-order valence-electron chi connectivity index (χ2n) is 8.67. The first-order chi connectivity index (χ1) is 14.0. The van der Waals surface area contributed by atoms with E-state index in [1.54, 1.807) is 6.07 Å². The SMILES string of the molecule is CCC(C)NC(=O)CSc1nc(Cl)cc(N2CCN(C(=O)NC(C)(C)C)C(C)C2)n1. The number of halogens is 1. The van der Waals surface area contributed by atoms with Crippen molar-refractivity contribution in [3.8, 4) is 0 Å². The molecule has 0 spiro atoms. The van der Waals surface area contributed by atoms with E-state index in [-0.39, 0.29) is 35.3 Å². The van der Waals surface area contributed by atoms with Crippen LogP contribution in [0.25, 0.3) is 0 Å². The normalized spacial score (nSPS) is 18.2. The summed E-state index contributed by atoms with van der Waals surface area (Å²) < 4.78 is 0. The number of carbonyl (C=O) groups excluding carboxylic acids is 2. The van der Waals surface area contributed by atoms with Gasteiger partial charge in [-0.05, 0) is 41.0 Å². The molecule has 0 bridgehead atoms. The first-order valence-corrected chi connectivity index (χ1v) is 11.6. The summed E-state index contributed by atoms with van der Waals surface area (Å²) in [6.07, 6.45) is 0.881. The number of nitrogens with one attached hydrogen (secondary N) is 2. The van der Waals surface area contributed by atoms with Gasteiger partial charge in [0.15, 0.2) is 5.16 Å². The molecule has 2 unspecified atom stereocenters. The molecule has 0 radical (unpaired) electrons. The van der Waals surface area contributed by atoms with Crippen LogP contribution < -0.4 is 15.5 Å². The van der Waals surface area contributed by atoms with Crippen LogP contribution in [-0.4, -0.2) is 69.8 Å². The summed E-state index contributed by atoms with van der Waals surface area (Å²) >= 11 is 7.48. The number of urea groups is 1. The zero-order chi connectivity index (χ0) is 22.5. The number of rotatable bonds is 6. The fourth-order valence-corrected chi connectivity index (χ4v) is 3.91. The second kappa shape index (κ2) is 10.5. The number of hydrogen-bond acceptors (Lipinski definition) is 6. The molecule has 3 amide bonds. The predicted molar refractivity (Wildman–Crippen MR) is 122 cm³/mol. The highest BCUT2D eigenvalue weighted by Gasteiger charge is 2.30. The molecule has 1 fully saturated rings. The van der Waals surface area contributed by atoms with E-state index in [9.17, 15) is 9.59 Å². The first kappa shape index (κ1) is 24.5. The van der Waals surface area contributed by atoms with Crippen LogP contribution in [0, 0.1) is 0 Å². The third kappa shape index (κ3) is 7.50. The molecule has 0 aromatic carbocycles. The molecule has 8 nitrogen and oxygen atoms in total. The number of thioether (sulfide) groups is 1. The number of carbonyl (C=O) groups is 2. The van der Waals surface area contributed by atoms with Gasteiger partial charge < -0.3 is 20.4 Å². The molecule has 2 heterocycles. The van der Waals surface area contributed by atoms with E-state index in [1.807, 2.05) is 46.4 Å². The van der Waals surface area contributed by atoms with Gasteiger partial charge in [-0.25, -0.2) is 14.8 Å². The molecule has 2 N–H and O–H groups in total. The summed E-state index contributed by atoms with van der Waals surface area (Å²) in [6.45, 7) is 13.8. The molecular weight excluding hydrogens is 424 g/mol. The Labute approximate surface area is 188 Å². The molecule has 30 heavy (non-hydrogen) atoms. The zero-order valence-electron chi connectivity index (χ0n) is 18.7. The van der Waals surface area contributed by atoms with Crippen LogP contribution in [0.3, 0.4) is 0 Å². The van der Waals surface area contributed by atoms with Crippen LogP contribution in [0.2, 0.25) is 5.15 Å². The van der Waals surface area contributed by atoms with E-state index in [4.69, 9.17) is 11.6 Å². The van der Waals surface area contributed by atoms with Crippen LogP contribution in [-0.2, 0) is 4.79 Å². The topological polar surface area (TPSA) is 90.5 Å². The van der Waals surface area contributed by atoms with Gasteiger partial charge in [0.25, 0.3) is 0 Å². The molecule has 1 aromatic heterocycles. The maximum absolute atomic E-state index is 12.5. The summed E-state index contributed by atoms with van der Waals surface area (Å²) in [7, 11) is 0. The van der Waals surface area contributed by atoms with E-state index in [0.29, 0.717) is 35.8 Å². The van der Waals surface area contributed by atoms with Crippen LogP contribution in [0.4, 0.5) is 10.6 Å². The molecule has 168 valence electrons. The van der Waals surface area contributed by atoms with Crippen molar-refractivity contribution in [1.82, 2.24) is 25.5 Å². The molecule has 0 saturated carbocycles. The molecule has 2 atom stereocenters. The molecule has 2 rings (SSSR count). The van der Waals surface area contributed by atoms with E-state index < -0.39 is 0 Å². The third-order valence-electron chi connectivity index (χ3n) is 4.71. The van der Waals surface area contributed by atoms with Crippen molar-refractivity contribution in [2.24, 2.45) is 0 Å².